The highest BCUT2D eigenvalue weighted by molar-refractivity contribution is 7.47. The van der Waals surface area contributed by atoms with Gasteiger partial charge in [0.1, 0.15) is 44.0 Å². The number of phosphoric acid groups is 1. The average Bonchev–Trinajstić information content (AvgIpc) is 3.23. The van der Waals surface area contributed by atoms with Crippen LogP contribution < -0.4 is 4.52 Å². The Hall–Kier alpha value is -6.01. The lowest BCUT2D eigenvalue weighted by molar-refractivity contribution is -0.150. The number of benzene rings is 2. The van der Waals surface area contributed by atoms with Gasteiger partial charge in [-0.2, -0.15) is 0 Å². The molecule has 1 aliphatic heterocycles. The molecule has 24 nitrogen and oxygen atoms in total. The predicted molar refractivity (Wildman–Crippen MR) is 259 cm³/mol. The number of aliphatic carboxylic acids is 6. The van der Waals surface area contributed by atoms with Crippen LogP contribution in [0.5, 0.6) is 5.75 Å². The number of amides is 2. The van der Waals surface area contributed by atoms with E-state index >= 15 is 0 Å². The van der Waals surface area contributed by atoms with Gasteiger partial charge < -0.3 is 45.0 Å². The number of phosphoric ester groups is 1. The van der Waals surface area contributed by atoms with Gasteiger partial charge in [-0.05, 0) is 98.9 Å². The molecule has 2 amide bonds. The standard InChI is InChI=1S/C47H69N6O18P/c1-29(2)45(47(66)67)51-16-12-48(23-38(54)52(25-40(56)57)26-41(58)59)10-14-50(15-11-49(13-17-51)24-39(55)53(27-42(60)61)28-43(62)63)36(46(64)65)9-8-18-70-72(68,69)71-37-22-31(4)35(21-32(37)5)44-33(6)19-30(3)20-34(44)7/h19-22,29,36,45H,8-18,23-28H2,1-7H3,(H,56,57)(H,58,59)(H,60,61)(H,62,63)(H,64,65)(H,66,67)(H,68,69)/t36-,45?/m1/s1. The Balaban J connectivity index is 1.95. The zero-order valence-corrected chi connectivity index (χ0v) is 42.7. The molecule has 72 heavy (non-hydrogen) atoms. The first-order chi connectivity index (χ1) is 33.6. The van der Waals surface area contributed by atoms with E-state index in [-0.39, 0.29) is 70.9 Å². The molecule has 3 rings (SSSR count). The molecule has 0 bridgehead atoms. The lowest BCUT2D eigenvalue weighted by Gasteiger charge is -2.38. The summed E-state index contributed by atoms with van der Waals surface area (Å²) in [6.07, 6.45) is -0.290. The molecule has 2 unspecified atom stereocenters. The quantitative estimate of drug-likeness (QED) is 0.0552. The third-order valence-electron chi connectivity index (χ3n) is 12.1. The molecule has 1 fully saturated rings. The summed E-state index contributed by atoms with van der Waals surface area (Å²) in [6.45, 7) is 6.87. The van der Waals surface area contributed by atoms with Crippen molar-refractivity contribution in [1.29, 1.82) is 0 Å². The van der Waals surface area contributed by atoms with Gasteiger partial charge in [0.25, 0.3) is 0 Å². The molecule has 1 aliphatic rings. The summed E-state index contributed by atoms with van der Waals surface area (Å²) in [7, 11) is -4.78. The summed E-state index contributed by atoms with van der Waals surface area (Å²) >= 11 is 0. The number of hydrogen-bond donors (Lipinski definition) is 7. The van der Waals surface area contributed by atoms with Crippen molar-refractivity contribution >= 4 is 55.5 Å². The van der Waals surface area contributed by atoms with Gasteiger partial charge in [0, 0.05) is 52.4 Å². The van der Waals surface area contributed by atoms with Crippen molar-refractivity contribution in [3.8, 4) is 16.9 Å². The Kier molecular flexibility index (Phi) is 23.2. The summed E-state index contributed by atoms with van der Waals surface area (Å²) in [5, 5.41) is 58.6. The van der Waals surface area contributed by atoms with Crippen molar-refractivity contribution in [3.05, 3.63) is 52.1 Å². The third-order valence-corrected chi connectivity index (χ3v) is 13.0. The number of nitrogens with zero attached hydrogens (tertiary/aromatic N) is 6. The number of carboxylic acid groups (broad SMARTS) is 6. The maximum atomic E-state index is 13.5. The van der Waals surface area contributed by atoms with Gasteiger partial charge in [-0.1, -0.05) is 31.5 Å². The van der Waals surface area contributed by atoms with Crippen molar-refractivity contribution in [3.63, 3.8) is 0 Å². The third kappa shape index (κ3) is 19.2. The SMILES string of the molecule is Cc1cc(C)c(-c2cc(C)c(OP(=O)(O)OCCC[C@H](C(=O)O)N3CCN(CC(=O)N(CC(=O)O)CC(=O)O)CCN(C(C(=O)O)C(C)C)CCN(CC(=O)N(CC(=O)O)CC(=O)O)CC3)cc2C)c(C)c1. The molecule has 0 spiro atoms. The Labute approximate surface area is 417 Å². The van der Waals surface area contributed by atoms with E-state index in [2.05, 4.69) is 12.1 Å². The monoisotopic (exact) mass is 1040 g/mol. The number of hydrogen-bond acceptors (Lipinski definition) is 15. The van der Waals surface area contributed by atoms with Crippen LogP contribution in [0.4, 0.5) is 0 Å². The van der Waals surface area contributed by atoms with E-state index in [1.54, 1.807) is 31.7 Å². The normalized spacial score (nSPS) is 16.3. The number of carboxylic acids is 6. The molecule has 3 atom stereocenters. The van der Waals surface area contributed by atoms with Crippen LogP contribution in [0.15, 0.2) is 24.3 Å². The summed E-state index contributed by atoms with van der Waals surface area (Å²) in [5.74, 6) is -10.6. The molecule has 2 aromatic rings. The van der Waals surface area contributed by atoms with E-state index in [9.17, 15) is 78.5 Å². The fourth-order valence-corrected chi connectivity index (χ4v) is 9.69. The molecule has 1 heterocycles. The molecule has 0 aromatic heterocycles. The van der Waals surface area contributed by atoms with E-state index in [1.165, 1.54) is 14.7 Å². The number of rotatable bonds is 25. The zero-order valence-electron chi connectivity index (χ0n) is 41.8. The first kappa shape index (κ1) is 60.3. The predicted octanol–water partition coefficient (Wildman–Crippen LogP) is 1.95. The highest BCUT2D eigenvalue weighted by Gasteiger charge is 2.34. The zero-order chi connectivity index (χ0) is 54.2. The first-order valence-corrected chi connectivity index (χ1v) is 24.8. The topological polar surface area (TPSA) is 333 Å². The molecule has 25 heteroatoms. The lowest BCUT2D eigenvalue weighted by Crippen LogP contribution is -2.55. The van der Waals surface area contributed by atoms with Gasteiger partial charge in [-0.25, -0.2) is 4.57 Å². The maximum Gasteiger partial charge on any atom is 0.527 e. The summed E-state index contributed by atoms with van der Waals surface area (Å²) in [6, 6.07) is 5.16. The minimum Gasteiger partial charge on any atom is -0.480 e. The van der Waals surface area contributed by atoms with Gasteiger partial charge >= 0.3 is 43.6 Å². The van der Waals surface area contributed by atoms with Crippen LogP contribution in [0.3, 0.4) is 0 Å². The molecule has 0 aliphatic carbocycles. The Morgan fingerprint density at radius 1 is 0.597 bits per heavy atom. The lowest BCUT2D eigenvalue weighted by atomic mass is 9.90. The van der Waals surface area contributed by atoms with Crippen molar-refractivity contribution in [2.75, 3.05) is 98.2 Å². The van der Waals surface area contributed by atoms with Crippen LogP contribution in [0.25, 0.3) is 11.1 Å². The van der Waals surface area contributed by atoms with Crippen molar-refractivity contribution < 1.29 is 87.5 Å². The van der Waals surface area contributed by atoms with Crippen molar-refractivity contribution in [1.82, 2.24) is 29.4 Å². The van der Waals surface area contributed by atoms with Gasteiger partial charge in [0.15, 0.2) is 0 Å². The van der Waals surface area contributed by atoms with Crippen molar-refractivity contribution in [2.45, 2.75) is 73.4 Å². The van der Waals surface area contributed by atoms with E-state index in [0.717, 1.165) is 33.4 Å². The second kappa shape index (κ2) is 27.7. The Morgan fingerprint density at radius 2 is 1.03 bits per heavy atom. The molecular formula is C47H69N6O18P. The van der Waals surface area contributed by atoms with Crippen LogP contribution >= 0.6 is 7.82 Å². The largest absolute Gasteiger partial charge is 0.527 e. The van der Waals surface area contributed by atoms with Gasteiger partial charge in [-0.3, -0.25) is 67.4 Å². The van der Waals surface area contributed by atoms with Crippen LogP contribution in [0.2, 0.25) is 0 Å². The van der Waals surface area contributed by atoms with E-state index in [1.807, 2.05) is 33.8 Å². The van der Waals surface area contributed by atoms with Gasteiger partial charge in [0.2, 0.25) is 11.8 Å². The van der Waals surface area contributed by atoms with Crippen LogP contribution in [0, 0.1) is 40.5 Å². The summed E-state index contributed by atoms with van der Waals surface area (Å²) in [5.41, 5.74) is 6.52. The minimum atomic E-state index is -4.78. The molecular weight excluding hydrogens is 968 g/mol. The smallest absolute Gasteiger partial charge is 0.480 e. The molecule has 0 saturated carbocycles. The Bertz CT molecular complexity index is 2230. The number of carbonyl (C=O) groups is 8. The average molecular weight is 1040 g/mol. The molecule has 400 valence electrons. The highest BCUT2D eigenvalue weighted by Crippen LogP contribution is 2.46. The van der Waals surface area contributed by atoms with Gasteiger partial charge in [-0.15, -0.1) is 0 Å². The second-order valence-electron chi connectivity index (χ2n) is 18.3. The Morgan fingerprint density at radius 3 is 1.42 bits per heavy atom. The van der Waals surface area contributed by atoms with E-state index in [0.29, 0.717) is 15.4 Å². The van der Waals surface area contributed by atoms with E-state index in [4.69, 9.17) is 9.05 Å². The minimum absolute atomic E-state index is 0.0511. The maximum absolute atomic E-state index is 13.5. The summed E-state index contributed by atoms with van der Waals surface area (Å²) in [4.78, 5) is 117. The molecule has 7 N–H and O–H groups in total. The van der Waals surface area contributed by atoms with Crippen LogP contribution in [-0.4, -0.2) is 223 Å². The second-order valence-corrected chi connectivity index (χ2v) is 19.7. The van der Waals surface area contributed by atoms with Crippen molar-refractivity contribution in [2.24, 2.45) is 5.92 Å². The van der Waals surface area contributed by atoms with Gasteiger partial charge in [0.05, 0.1) is 19.7 Å². The number of carbonyl (C=O) groups excluding carboxylic acids is 2. The fraction of sp³-hybridized carbons (Fsp3) is 0.574. The van der Waals surface area contributed by atoms with Crippen LogP contribution in [0.1, 0.15) is 54.5 Å². The highest BCUT2D eigenvalue weighted by atomic mass is 31.2. The number of aryl methyl sites for hydroxylation is 5. The first-order valence-electron chi connectivity index (χ1n) is 23.3. The molecule has 2 aromatic carbocycles. The molecule has 0 radical (unpaired) electrons. The molecule has 1 saturated heterocycles. The fourth-order valence-electron chi connectivity index (χ4n) is 8.83. The summed E-state index contributed by atoms with van der Waals surface area (Å²) < 4.78 is 24.1. The van der Waals surface area contributed by atoms with E-state index < -0.39 is 119 Å². The van der Waals surface area contributed by atoms with Crippen LogP contribution in [-0.2, 0) is 47.4 Å².